The van der Waals surface area contributed by atoms with E-state index in [-0.39, 0.29) is 0 Å². The molecular formula is C11H22. The van der Waals surface area contributed by atoms with E-state index in [1.807, 2.05) is 0 Å². The van der Waals surface area contributed by atoms with Crippen molar-refractivity contribution in [2.75, 3.05) is 0 Å². The predicted octanol–water partition coefficient (Wildman–Crippen LogP) is 3.71. The summed E-state index contributed by atoms with van der Waals surface area (Å²) in [4.78, 5) is 0. The van der Waals surface area contributed by atoms with Crippen molar-refractivity contribution in [2.24, 2.45) is 23.7 Å². The van der Waals surface area contributed by atoms with Gasteiger partial charge in [0.15, 0.2) is 0 Å². The van der Waals surface area contributed by atoms with E-state index in [9.17, 15) is 0 Å². The van der Waals surface area contributed by atoms with Crippen molar-refractivity contribution in [2.45, 2.75) is 47.0 Å². The average Bonchev–Trinajstić information content (AvgIpc) is 2.03. The Morgan fingerprint density at radius 3 is 2.36 bits per heavy atom. The maximum atomic E-state index is 2.42. The lowest BCUT2D eigenvalue weighted by Crippen LogP contribution is -2.33. The molecular weight excluding hydrogens is 132 g/mol. The molecule has 0 heterocycles. The quantitative estimate of drug-likeness (QED) is 0.581. The molecule has 0 amide bonds. The zero-order valence-electron chi connectivity index (χ0n) is 8.43. The van der Waals surface area contributed by atoms with Crippen molar-refractivity contribution in [3.63, 3.8) is 0 Å². The van der Waals surface area contributed by atoms with Crippen molar-refractivity contribution in [1.82, 2.24) is 0 Å². The minimum absolute atomic E-state index is 0.954. The van der Waals surface area contributed by atoms with Crippen LogP contribution in [0.3, 0.4) is 0 Å². The summed E-state index contributed by atoms with van der Waals surface area (Å²) >= 11 is 0. The average molecular weight is 154 g/mol. The van der Waals surface area contributed by atoms with E-state index >= 15 is 0 Å². The summed E-state index contributed by atoms with van der Waals surface area (Å²) in [7, 11) is 0. The van der Waals surface area contributed by atoms with Crippen LogP contribution in [0.5, 0.6) is 0 Å². The predicted molar refractivity (Wildman–Crippen MR) is 50.5 cm³/mol. The zero-order valence-corrected chi connectivity index (χ0v) is 8.43. The molecule has 4 unspecified atom stereocenters. The summed E-state index contributed by atoms with van der Waals surface area (Å²) in [6.45, 7) is 9.49. The van der Waals surface area contributed by atoms with Gasteiger partial charge in [-0.25, -0.2) is 0 Å². The molecule has 0 N–H and O–H groups in total. The van der Waals surface area contributed by atoms with Gasteiger partial charge in [0.25, 0.3) is 0 Å². The number of hydrogen-bond donors (Lipinski definition) is 0. The summed E-state index contributed by atoms with van der Waals surface area (Å²) in [6, 6.07) is 0. The van der Waals surface area contributed by atoms with E-state index < -0.39 is 0 Å². The van der Waals surface area contributed by atoms with Gasteiger partial charge >= 0.3 is 0 Å². The lowest BCUT2D eigenvalue weighted by molar-refractivity contribution is 0.0804. The first-order chi connectivity index (χ1) is 5.15. The maximum absolute atomic E-state index is 2.42. The first-order valence-corrected chi connectivity index (χ1v) is 5.15. The van der Waals surface area contributed by atoms with Crippen molar-refractivity contribution in [3.05, 3.63) is 0 Å². The van der Waals surface area contributed by atoms with E-state index in [0.29, 0.717) is 0 Å². The Bertz CT molecular complexity index is 117. The number of rotatable bonds is 3. The van der Waals surface area contributed by atoms with Crippen molar-refractivity contribution < 1.29 is 0 Å². The summed E-state index contributed by atoms with van der Waals surface area (Å²) < 4.78 is 0. The third-order valence-corrected chi connectivity index (χ3v) is 3.72. The molecule has 66 valence electrons. The van der Waals surface area contributed by atoms with E-state index in [4.69, 9.17) is 0 Å². The van der Waals surface area contributed by atoms with Gasteiger partial charge in [0.2, 0.25) is 0 Å². The molecule has 1 saturated carbocycles. The van der Waals surface area contributed by atoms with Gasteiger partial charge in [0.05, 0.1) is 0 Å². The van der Waals surface area contributed by atoms with Crippen LogP contribution < -0.4 is 0 Å². The molecule has 0 radical (unpaired) electrons. The SMILES string of the molecule is CCC(C)CC1CC(C)C1C. The van der Waals surface area contributed by atoms with Crippen LogP contribution >= 0.6 is 0 Å². The first-order valence-electron chi connectivity index (χ1n) is 5.15. The van der Waals surface area contributed by atoms with Gasteiger partial charge in [-0.2, -0.15) is 0 Å². The van der Waals surface area contributed by atoms with Gasteiger partial charge in [-0.3, -0.25) is 0 Å². The minimum Gasteiger partial charge on any atom is -0.0651 e. The third-order valence-electron chi connectivity index (χ3n) is 3.72. The Morgan fingerprint density at radius 2 is 2.00 bits per heavy atom. The highest BCUT2D eigenvalue weighted by Gasteiger charge is 2.34. The van der Waals surface area contributed by atoms with Crippen LogP contribution in [0.2, 0.25) is 0 Å². The second kappa shape index (κ2) is 3.60. The van der Waals surface area contributed by atoms with Crippen LogP contribution in [0, 0.1) is 23.7 Å². The van der Waals surface area contributed by atoms with Gasteiger partial charge in [-0.05, 0) is 36.5 Å². The highest BCUT2D eigenvalue weighted by molar-refractivity contribution is 4.84. The fourth-order valence-corrected chi connectivity index (χ4v) is 2.17. The van der Waals surface area contributed by atoms with Crippen LogP contribution in [0.1, 0.15) is 47.0 Å². The van der Waals surface area contributed by atoms with E-state index in [1.165, 1.54) is 19.3 Å². The Labute approximate surface area is 71.4 Å². The highest BCUT2D eigenvalue weighted by Crippen LogP contribution is 2.43. The normalized spacial score (nSPS) is 39.8. The Hall–Kier alpha value is 0. The third kappa shape index (κ3) is 1.98. The molecule has 0 heteroatoms. The molecule has 11 heavy (non-hydrogen) atoms. The van der Waals surface area contributed by atoms with Gasteiger partial charge in [-0.1, -0.05) is 34.1 Å². The van der Waals surface area contributed by atoms with E-state index in [2.05, 4.69) is 27.7 Å². The molecule has 1 rings (SSSR count). The fourth-order valence-electron chi connectivity index (χ4n) is 2.17. The molecule has 0 aromatic rings. The highest BCUT2D eigenvalue weighted by atomic mass is 14.4. The Morgan fingerprint density at radius 1 is 1.36 bits per heavy atom. The molecule has 1 fully saturated rings. The van der Waals surface area contributed by atoms with Crippen LogP contribution in [0.25, 0.3) is 0 Å². The van der Waals surface area contributed by atoms with Gasteiger partial charge in [0, 0.05) is 0 Å². The van der Waals surface area contributed by atoms with E-state index in [1.54, 1.807) is 0 Å². The van der Waals surface area contributed by atoms with Gasteiger partial charge < -0.3 is 0 Å². The van der Waals surface area contributed by atoms with Crippen molar-refractivity contribution in [3.8, 4) is 0 Å². The van der Waals surface area contributed by atoms with Crippen molar-refractivity contribution >= 4 is 0 Å². The fraction of sp³-hybridized carbons (Fsp3) is 1.00. The smallest absolute Gasteiger partial charge is 0.0381 e. The monoisotopic (exact) mass is 154 g/mol. The summed E-state index contributed by atoms with van der Waals surface area (Å²) in [6.07, 6.45) is 4.32. The molecule has 0 nitrogen and oxygen atoms in total. The largest absolute Gasteiger partial charge is 0.0651 e. The molecule has 0 spiro atoms. The lowest BCUT2D eigenvalue weighted by Gasteiger charge is -2.42. The summed E-state index contributed by atoms with van der Waals surface area (Å²) in [5, 5.41) is 0. The van der Waals surface area contributed by atoms with Crippen molar-refractivity contribution in [1.29, 1.82) is 0 Å². The molecule has 1 aliphatic carbocycles. The second-order valence-electron chi connectivity index (χ2n) is 4.58. The van der Waals surface area contributed by atoms with E-state index in [0.717, 1.165) is 23.7 Å². The standard InChI is InChI=1S/C11H22/c1-5-8(2)6-11-7-9(3)10(11)4/h8-11H,5-7H2,1-4H3. The maximum Gasteiger partial charge on any atom is -0.0381 e. The zero-order chi connectivity index (χ0) is 8.43. The minimum atomic E-state index is 0.954. The molecule has 0 aromatic heterocycles. The molecule has 0 saturated heterocycles. The van der Waals surface area contributed by atoms with Crippen LogP contribution in [-0.4, -0.2) is 0 Å². The first kappa shape index (κ1) is 9.09. The Balaban J connectivity index is 2.19. The Kier molecular flexibility index (Phi) is 2.98. The molecule has 1 aliphatic rings. The summed E-state index contributed by atoms with van der Waals surface area (Å²) in [5.41, 5.74) is 0. The molecule has 0 bridgehead atoms. The van der Waals surface area contributed by atoms with Crippen LogP contribution in [0.4, 0.5) is 0 Å². The molecule has 4 atom stereocenters. The van der Waals surface area contributed by atoms with Crippen LogP contribution in [-0.2, 0) is 0 Å². The second-order valence-corrected chi connectivity index (χ2v) is 4.58. The van der Waals surface area contributed by atoms with Crippen LogP contribution in [0.15, 0.2) is 0 Å². The summed E-state index contributed by atoms with van der Waals surface area (Å²) in [5.74, 6) is 4.02. The molecule has 0 aromatic carbocycles. The van der Waals surface area contributed by atoms with Gasteiger partial charge in [0.1, 0.15) is 0 Å². The lowest BCUT2D eigenvalue weighted by atomic mass is 9.64. The molecule has 0 aliphatic heterocycles. The van der Waals surface area contributed by atoms with Gasteiger partial charge in [-0.15, -0.1) is 0 Å². The number of hydrogen-bond acceptors (Lipinski definition) is 0. The topological polar surface area (TPSA) is 0 Å².